The summed E-state index contributed by atoms with van der Waals surface area (Å²) in [7, 11) is 0. The van der Waals surface area contributed by atoms with Crippen molar-refractivity contribution in [3.63, 3.8) is 0 Å². The highest BCUT2D eigenvalue weighted by molar-refractivity contribution is 5.94. The molecule has 1 aliphatic rings. The quantitative estimate of drug-likeness (QED) is 0.766. The van der Waals surface area contributed by atoms with E-state index in [2.05, 4.69) is 22.7 Å². The number of hydrogen-bond acceptors (Lipinski definition) is 3. The van der Waals surface area contributed by atoms with Gasteiger partial charge in [-0.2, -0.15) is 5.10 Å². The van der Waals surface area contributed by atoms with Crippen molar-refractivity contribution in [2.24, 2.45) is 0 Å². The van der Waals surface area contributed by atoms with Crippen LogP contribution in [0.3, 0.4) is 0 Å². The van der Waals surface area contributed by atoms with E-state index in [1.54, 1.807) is 16.9 Å². The highest BCUT2D eigenvalue weighted by atomic mass is 16.2. The molecule has 1 fully saturated rings. The maximum absolute atomic E-state index is 12.5. The molecule has 1 aromatic carbocycles. The van der Waals surface area contributed by atoms with E-state index in [1.807, 2.05) is 29.2 Å². The van der Waals surface area contributed by atoms with E-state index in [1.165, 1.54) is 6.42 Å². The van der Waals surface area contributed by atoms with Gasteiger partial charge in [-0.05, 0) is 43.4 Å². The standard InChI is InChI=1S/C21H29N5O2/c1-2-3-15-26-19(11-12-23-26)24-21(28)22-16-17-7-9-18(10-8-17)20(27)25-13-5-4-6-14-25/h7-12H,2-6,13-16H2,1H3,(H2,22,24,28). The molecule has 1 saturated heterocycles. The third kappa shape index (κ3) is 5.34. The Kier molecular flexibility index (Phi) is 7.06. The molecule has 2 heterocycles. The van der Waals surface area contributed by atoms with Gasteiger partial charge in [0.05, 0.1) is 6.20 Å². The lowest BCUT2D eigenvalue weighted by atomic mass is 10.1. The van der Waals surface area contributed by atoms with E-state index in [-0.39, 0.29) is 11.9 Å². The van der Waals surface area contributed by atoms with Crippen LogP contribution < -0.4 is 10.6 Å². The van der Waals surface area contributed by atoms with Gasteiger partial charge >= 0.3 is 6.03 Å². The summed E-state index contributed by atoms with van der Waals surface area (Å²) in [5, 5.41) is 9.91. The van der Waals surface area contributed by atoms with Crippen molar-refractivity contribution in [3.05, 3.63) is 47.7 Å². The average molecular weight is 383 g/mol. The molecular weight excluding hydrogens is 354 g/mol. The molecule has 7 heteroatoms. The van der Waals surface area contributed by atoms with Gasteiger partial charge in [0.15, 0.2) is 0 Å². The summed E-state index contributed by atoms with van der Waals surface area (Å²) in [6.45, 7) is 4.99. The first-order chi connectivity index (χ1) is 13.7. The number of likely N-dealkylation sites (tertiary alicyclic amines) is 1. The number of benzene rings is 1. The molecule has 0 unspecified atom stereocenters. The minimum Gasteiger partial charge on any atom is -0.339 e. The van der Waals surface area contributed by atoms with Crippen molar-refractivity contribution in [1.82, 2.24) is 20.0 Å². The van der Waals surface area contributed by atoms with Crippen LogP contribution in [0.15, 0.2) is 36.5 Å². The number of urea groups is 1. The number of nitrogens with zero attached hydrogens (tertiary/aromatic N) is 3. The van der Waals surface area contributed by atoms with Gasteiger partial charge in [0, 0.05) is 37.8 Å². The average Bonchev–Trinajstić information content (AvgIpc) is 3.18. The van der Waals surface area contributed by atoms with Crippen molar-refractivity contribution < 1.29 is 9.59 Å². The van der Waals surface area contributed by atoms with Gasteiger partial charge in [0.2, 0.25) is 0 Å². The van der Waals surface area contributed by atoms with Crippen LogP contribution >= 0.6 is 0 Å². The summed E-state index contributed by atoms with van der Waals surface area (Å²) in [4.78, 5) is 26.6. The zero-order valence-electron chi connectivity index (χ0n) is 16.5. The number of unbranched alkanes of at least 4 members (excludes halogenated alkanes) is 1. The molecular formula is C21H29N5O2. The number of anilines is 1. The molecule has 3 amide bonds. The number of piperidine rings is 1. The Balaban J connectivity index is 1.48. The maximum atomic E-state index is 12.5. The third-order valence-electron chi connectivity index (χ3n) is 4.98. The van der Waals surface area contributed by atoms with E-state index in [0.29, 0.717) is 17.9 Å². The van der Waals surface area contributed by atoms with Crippen LogP contribution in [0.25, 0.3) is 0 Å². The third-order valence-corrected chi connectivity index (χ3v) is 4.98. The molecule has 7 nitrogen and oxygen atoms in total. The molecule has 150 valence electrons. The summed E-state index contributed by atoms with van der Waals surface area (Å²) >= 11 is 0. The van der Waals surface area contributed by atoms with Gasteiger partial charge in [-0.1, -0.05) is 25.5 Å². The predicted octanol–water partition coefficient (Wildman–Crippen LogP) is 3.63. The first kappa shape index (κ1) is 19.9. The minimum absolute atomic E-state index is 0.0947. The maximum Gasteiger partial charge on any atom is 0.320 e. The smallest absolute Gasteiger partial charge is 0.320 e. The molecule has 2 aromatic rings. The Labute approximate surface area is 166 Å². The van der Waals surface area contributed by atoms with Crippen LogP contribution in [0.4, 0.5) is 10.6 Å². The van der Waals surface area contributed by atoms with Crippen molar-refractivity contribution in [1.29, 1.82) is 0 Å². The number of hydrogen-bond donors (Lipinski definition) is 2. The molecule has 0 saturated carbocycles. The van der Waals surface area contributed by atoms with Crippen LogP contribution in [-0.4, -0.2) is 39.7 Å². The fourth-order valence-corrected chi connectivity index (χ4v) is 3.31. The molecule has 0 bridgehead atoms. The summed E-state index contributed by atoms with van der Waals surface area (Å²) < 4.78 is 1.80. The van der Waals surface area contributed by atoms with Crippen molar-refractivity contribution in [2.75, 3.05) is 18.4 Å². The van der Waals surface area contributed by atoms with Crippen LogP contribution in [0, 0.1) is 0 Å². The van der Waals surface area contributed by atoms with Crippen molar-refractivity contribution >= 4 is 17.8 Å². The second-order valence-electron chi connectivity index (χ2n) is 7.15. The lowest BCUT2D eigenvalue weighted by Crippen LogP contribution is -2.35. The molecule has 1 aromatic heterocycles. The van der Waals surface area contributed by atoms with E-state index in [0.717, 1.165) is 50.9 Å². The molecule has 0 atom stereocenters. The van der Waals surface area contributed by atoms with Crippen LogP contribution in [0.5, 0.6) is 0 Å². The summed E-state index contributed by atoms with van der Waals surface area (Å²) in [5.41, 5.74) is 1.65. The first-order valence-corrected chi connectivity index (χ1v) is 10.1. The van der Waals surface area contributed by atoms with Crippen LogP contribution in [0.1, 0.15) is 54.9 Å². The Hall–Kier alpha value is -2.83. The molecule has 0 aliphatic carbocycles. The Morgan fingerprint density at radius 2 is 1.82 bits per heavy atom. The fourth-order valence-electron chi connectivity index (χ4n) is 3.31. The zero-order chi connectivity index (χ0) is 19.8. The number of aromatic nitrogens is 2. The second kappa shape index (κ2) is 9.92. The van der Waals surface area contributed by atoms with Gasteiger partial charge in [-0.3, -0.25) is 10.1 Å². The van der Waals surface area contributed by atoms with Gasteiger partial charge in [0.1, 0.15) is 5.82 Å². The highest BCUT2D eigenvalue weighted by Crippen LogP contribution is 2.14. The summed E-state index contributed by atoms with van der Waals surface area (Å²) in [6, 6.07) is 8.98. The summed E-state index contributed by atoms with van der Waals surface area (Å²) in [5.74, 6) is 0.783. The normalized spacial score (nSPS) is 14.0. The number of carbonyl (C=O) groups is 2. The highest BCUT2D eigenvalue weighted by Gasteiger charge is 2.17. The minimum atomic E-state index is -0.272. The van der Waals surface area contributed by atoms with Gasteiger partial charge in [0.25, 0.3) is 5.91 Å². The number of carbonyl (C=O) groups excluding carboxylic acids is 2. The Bertz CT molecular complexity index is 778. The fraction of sp³-hybridized carbons (Fsp3) is 0.476. The topological polar surface area (TPSA) is 79.3 Å². The van der Waals surface area contributed by atoms with Gasteiger partial charge in [-0.25, -0.2) is 9.48 Å². The van der Waals surface area contributed by atoms with E-state index in [4.69, 9.17) is 0 Å². The SMILES string of the molecule is CCCCn1nccc1NC(=O)NCc1ccc(C(=O)N2CCCCC2)cc1. The molecule has 0 radical (unpaired) electrons. The lowest BCUT2D eigenvalue weighted by molar-refractivity contribution is 0.0724. The van der Waals surface area contributed by atoms with E-state index >= 15 is 0 Å². The van der Waals surface area contributed by atoms with Gasteiger partial charge in [-0.15, -0.1) is 0 Å². The van der Waals surface area contributed by atoms with Crippen molar-refractivity contribution in [2.45, 2.75) is 52.1 Å². The number of aryl methyl sites for hydroxylation is 1. The molecule has 28 heavy (non-hydrogen) atoms. The molecule has 3 rings (SSSR count). The van der Waals surface area contributed by atoms with Gasteiger partial charge < -0.3 is 10.2 Å². The zero-order valence-corrected chi connectivity index (χ0v) is 16.5. The van der Waals surface area contributed by atoms with E-state index in [9.17, 15) is 9.59 Å². The number of rotatable bonds is 7. The first-order valence-electron chi connectivity index (χ1n) is 10.1. The van der Waals surface area contributed by atoms with E-state index < -0.39 is 0 Å². The van der Waals surface area contributed by atoms with Crippen molar-refractivity contribution in [3.8, 4) is 0 Å². The second-order valence-corrected chi connectivity index (χ2v) is 7.15. The number of amides is 3. The predicted molar refractivity (Wildman–Crippen MR) is 109 cm³/mol. The number of nitrogens with one attached hydrogen (secondary N) is 2. The lowest BCUT2D eigenvalue weighted by Gasteiger charge is -2.26. The molecule has 0 spiro atoms. The van der Waals surface area contributed by atoms with Crippen LogP contribution in [-0.2, 0) is 13.1 Å². The van der Waals surface area contributed by atoms with Crippen LogP contribution in [0.2, 0.25) is 0 Å². The molecule has 1 aliphatic heterocycles. The molecule has 2 N–H and O–H groups in total. The largest absolute Gasteiger partial charge is 0.339 e. The monoisotopic (exact) mass is 383 g/mol. The Morgan fingerprint density at radius 3 is 2.54 bits per heavy atom. The Morgan fingerprint density at radius 1 is 1.07 bits per heavy atom. The summed E-state index contributed by atoms with van der Waals surface area (Å²) in [6.07, 6.45) is 7.14.